The first-order valence-corrected chi connectivity index (χ1v) is 7.83. The van der Waals surface area contributed by atoms with Crippen LogP contribution in [-0.2, 0) is 4.79 Å². The molecule has 2 aromatic carbocycles. The number of anilines is 1. The zero-order valence-corrected chi connectivity index (χ0v) is 14.4. The number of amides is 1. The molecule has 0 saturated carbocycles. The van der Waals surface area contributed by atoms with Gasteiger partial charge in [0.15, 0.2) is 18.2 Å². The summed E-state index contributed by atoms with van der Waals surface area (Å²) in [6, 6.07) is 6.75. The average Bonchev–Trinajstić information content (AvgIpc) is 2.51. The van der Waals surface area contributed by atoms with Crippen molar-refractivity contribution in [2.45, 2.75) is 26.7 Å². The summed E-state index contributed by atoms with van der Waals surface area (Å²) in [5.41, 5.74) is 1.90. The van der Waals surface area contributed by atoms with Crippen LogP contribution in [0.3, 0.4) is 0 Å². The predicted molar refractivity (Wildman–Crippen MR) is 90.8 cm³/mol. The van der Waals surface area contributed by atoms with E-state index in [1.165, 1.54) is 6.07 Å². The summed E-state index contributed by atoms with van der Waals surface area (Å²) in [7, 11) is 0. The lowest BCUT2D eigenvalue weighted by molar-refractivity contribution is -0.118. The van der Waals surface area contributed by atoms with Crippen molar-refractivity contribution in [3.8, 4) is 5.75 Å². The van der Waals surface area contributed by atoms with Crippen molar-refractivity contribution < 1.29 is 18.3 Å². The fourth-order valence-electron chi connectivity index (χ4n) is 2.16. The Labute approximate surface area is 144 Å². The molecular weight excluding hydrogens is 336 g/mol. The third-order valence-electron chi connectivity index (χ3n) is 3.48. The van der Waals surface area contributed by atoms with E-state index in [4.69, 9.17) is 16.3 Å². The minimum atomic E-state index is -1.02. The van der Waals surface area contributed by atoms with Crippen LogP contribution in [0.5, 0.6) is 5.75 Å². The minimum Gasteiger partial charge on any atom is -0.483 e. The van der Waals surface area contributed by atoms with Crippen LogP contribution in [0, 0.1) is 18.6 Å². The fraction of sp³-hybridized carbons (Fsp3) is 0.278. The van der Waals surface area contributed by atoms with Gasteiger partial charge in [-0.1, -0.05) is 25.4 Å². The lowest BCUT2D eigenvalue weighted by atomic mass is 10.0. The van der Waals surface area contributed by atoms with Gasteiger partial charge in [0, 0.05) is 16.8 Å². The standard InChI is InChI=1S/C18H18ClF2NO2/c1-10(2)13-8-14(19)11(3)6-17(13)24-9-18(23)22-12-4-5-15(20)16(21)7-12/h4-8,10H,9H2,1-3H3,(H,22,23). The largest absolute Gasteiger partial charge is 0.483 e. The highest BCUT2D eigenvalue weighted by atomic mass is 35.5. The van der Waals surface area contributed by atoms with Crippen molar-refractivity contribution in [1.82, 2.24) is 0 Å². The third kappa shape index (κ3) is 4.45. The molecule has 0 atom stereocenters. The van der Waals surface area contributed by atoms with Crippen molar-refractivity contribution in [1.29, 1.82) is 0 Å². The lowest BCUT2D eigenvalue weighted by Gasteiger charge is -2.16. The van der Waals surface area contributed by atoms with Gasteiger partial charge in [-0.25, -0.2) is 8.78 Å². The number of hydrogen-bond acceptors (Lipinski definition) is 2. The highest BCUT2D eigenvalue weighted by Crippen LogP contribution is 2.32. The van der Waals surface area contributed by atoms with E-state index < -0.39 is 17.5 Å². The molecule has 2 aromatic rings. The van der Waals surface area contributed by atoms with Gasteiger partial charge in [0.2, 0.25) is 0 Å². The highest BCUT2D eigenvalue weighted by Gasteiger charge is 2.13. The van der Waals surface area contributed by atoms with E-state index in [9.17, 15) is 13.6 Å². The second-order valence-electron chi connectivity index (χ2n) is 5.76. The molecule has 1 N–H and O–H groups in total. The van der Waals surface area contributed by atoms with Crippen LogP contribution in [0.1, 0.15) is 30.9 Å². The van der Waals surface area contributed by atoms with Crippen molar-refractivity contribution in [2.24, 2.45) is 0 Å². The lowest BCUT2D eigenvalue weighted by Crippen LogP contribution is -2.20. The van der Waals surface area contributed by atoms with Gasteiger partial charge >= 0.3 is 0 Å². The molecule has 24 heavy (non-hydrogen) atoms. The number of hydrogen-bond donors (Lipinski definition) is 1. The number of ether oxygens (including phenoxy) is 1. The zero-order chi connectivity index (χ0) is 17.9. The Morgan fingerprint density at radius 3 is 2.54 bits per heavy atom. The van der Waals surface area contributed by atoms with E-state index in [2.05, 4.69) is 5.32 Å². The molecule has 0 aliphatic carbocycles. The topological polar surface area (TPSA) is 38.3 Å². The molecule has 0 saturated heterocycles. The Hall–Kier alpha value is -2.14. The van der Waals surface area contributed by atoms with Gasteiger partial charge in [-0.15, -0.1) is 0 Å². The van der Waals surface area contributed by atoms with E-state index in [0.717, 1.165) is 23.3 Å². The molecule has 0 radical (unpaired) electrons. The van der Waals surface area contributed by atoms with Crippen molar-refractivity contribution in [3.63, 3.8) is 0 Å². The summed E-state index contributed by atoms with van der Waals surface area (Å²) in [5, 5.41) is 3.09. The molecule has 2 rings (SSSR count). The average molecular weight is 354 g/mol. The number of benzene rings is 2. The Bertz CT molecular complexity index is 763. The van der Waals surface area contributed by atoms with Gasteiger partial charge < -0.3 is 10.1 Å². The molecule has 1 amide bonds. The van der Waals surface area contributed by atoms with Crippen LogP contribution in [0.15, 0.2) is 30.3 Å². The quantitative estimate of drug-likeness (QED) is 0.815. The van der Waals surface area contributed by atoms with Crippen LogP contribution >= 0.6 is 11.6 Å². The molecule has 0 spiro atoms. The number of carbonyl (C=O) groups excluding carboxylic acids is 1. The second-order valence-corrected chi connectivity index (χ2v) is 6.17. The SMILES string of the molecule is Cc1cc(OCC(=O)Nc2ccc(F)c(F)c2)c(C(C)C)cc1Cl. The first-order valence-electron chi connectivity index (χ1n) is 7.45. The van der Waals surface area contributed by atoms with Crippen LogP contribution in [0.2, 0.25) is 5.02 Å². The molecule has 0 aliphatic rings. The summed E-state index contributed by atoms with van der Waals surface area (Å²) >= 11 is 6.13. The minimum absolute atomic E-state index is 0.166. The Morgan fingerprint density at radius 1 is 1.21 bits per heavy atom. The third-order valence-corrected chi connectivity index (χ3v) is 3.88. The van der Waals surface area contributed by atoms with Gasteiger partial charge in [-0.3, -0.25) is 4.79 Å². The van der Waals surface area contributed by atoms with Crippen molar-refractivity contribution >= 4 is 23.2 Å². The Morgan fingerprint density at radius 2 is 1.92 bits per heavy atom. The molecule has 0 aromatic heterocycles. The van der Waals surface area contributed by atoms with Crippen LogP contribution in [-0.4, -0.2) is 12.5 Å². The molecule has 0 aliphatic heterocycles. The van der Waals surface area contributed by atoms with E-state index in [1.807, 2.05) is 26.8 Å². The first-order chi connectivity index (χ1) is 11.3. The van der Waals surface area contributed by atoms with E-state index in [-0.39, 0.29) is 18.2 Å². The van der Waals surface area contributed by atoms with Crippen LogP contribution in [0.25, 0.3) is 0 Å². The van der Waals surface area contributed by atoms with E-state index in [0.29, 0.717) is 10.8 Å². The first kappa shape index (κ1) is 18.2. The Balaban J connectivity index is 2.06. The van der Waals surface area contributed by atoms with Gasteiger partial charge in [-0.2, -0.15) is 0 Å². The highest BCUT2D eigenvalue weighted by molar-refractivity contribution is 6.31. The van der Waals surface area contributed by atoms with Gasteiger partial charge in [-0.05, 0) is 48.2 Å². The van der Waals surface area contributed by atoms with Crippen molar-refractivity contribution in [3.05, 3.63) is 58.1 Å². The van der Waals surface area contributed by atoms with Gasteiger partial charge in [0.1, 0.15) is 5.75 Å². The number of rotatable bonds is 5. The maximum atomic E-state index is 13.1. The predicted octanol–water partition coefficient (Wildman–Crippen LogP) is 5.07. The van der Waals surface area contributed by atoms with Crippen molar-refractivity contribution in [2.75, 3.05) is 11.9 Å². The van der Waals surface area contributed by atoms with E-state index >= 15 is 0 Å². The monoisotopic (exact) mass is 353 g/mol. The maximum Gasteiger partial charge on any atom is 0.262 e. The zero-order valence-electron chi connectivity index (χ0n) is 13.6. The van der Waals surface area contributed by atoms with Gasteiger partial charge in [0.05, 0.1) is 0 Å². The molecule has 0 bridgehead atoms. The summed E-state index contributed by atoms with van der Waals surface area (Å²) in [6.07, 6.45) is 0. The van der Waals surface area contributed by atoms with E-state index in [1.54, 1.807) is 6.07 Å². The number of carbonyl (C=O) groups is 1. The number of aryl methyl sites for hydroxylation is 1. The van der Waals surface area contributed by atoms with Crippen LogP contribution < -0.4 is 10.1 Å². The molecule has 0 heterocycles. The normalized spacial score (nSPS) is 10.8. The summed E-state index contributed by atoms with van der Waals surface area (Å²) < 4.78 is 31.6. The summed E-state index contributed by atoms with van der Waals surface area (Å²) in [5.74, 6) is -1.71. The number of halogens is 3. The molecule has 0 unspecified atom stereocenters. The van der Waals surface area contributed by atoms with Crippen LogP contribution in [0.4, 0.5) is 14.5 Å². The van der Waals surface area contributed by atoms with Gasteiger partial charge in [0.25, 0.3) is 5.91 Å². The molecular formula is C18H18ClF2NO2. The molecule has 6 heteroatoms. The summed E-state index contributed by atoms with van der Waals surface area (Å²) in [4.78, 5) is 11.9. The fourth-order valence-corrected chi connectivity index (χ4v) is 2.33. The maximum absolute atomic E-state index is 13.1. The Kier molecular flexibility index (Phi) is 5.78. The smallest absolute Gasteiger partial charge is 0.262 e. The summed E-state index contributed by atoms with van der Waals surface area (Å²) in [6.45, 7) is 5.59. The molecule has 0 fully saturated rings. The number of nitrogens with one attached hydrogen (secondary N) is 1. The molecule has 128 valence electrons. The molecule has 3 nitrogen and oxygen atoms in total. The second kappa shape index (κ2) is 7.62.